The van der Waals surface area contributed by atoms with Gasteiger partial charge in [0.2, 0.25) is 5.91 Å². The molecule has 0 radical (unpaired) electrons. The van der Waals surface area contributed by atoms with Crippen molar-refractivity contribution in [3.63, 3.8) is 0 Å². The maximum atomic E-state index is 11.9. The van der Waals surface area contributed by atoms with Crippen LogP contribution < -0.4 is 0 Å². The predicted molar refractivity (Wildman–Crippen MR) is 71.5 cm³/mol. The molecule has 17 heavy (non-hydrogen) atoms. The number of carbonyl (C=O) groups is 1. The second-order valence-electron chi connectivity index (χ2n) is 4.11. The summed E-state index contributed by atoms with van der Waals surface area (Å²) < 4.78 is 1.03. The van der Waals surface area contributed by atoms with Crippen LogP contribution >= 0.6 is 15.9 Å². The third kappa shape index (κ3) is 4.13. The van der Waals surface area contributed by atoms with Gasteiger partial charge in [0.25, 0.3) is 0 Å². The summed E-state index contributed by atoms with van der Waals surface area (Å²) in [7, 11) is 1.77. The summed E-state index contributed by atoms with van der Waals surface area (Å²) in [5, 5.41) is 9.09. The molecule has 0 bridgehead atoms. The van der Waals surface area contributed by atoms with Gasteiger partial charge >= 0.3 is 0 Å². The molecule has 1 unspecified atom stereocenters. The minimum atomic E-state index is -0.282. The highest BCUT2D eigenvalue weighted by molar-refractivity contribution is 9.10. The number of hydrogen-bond acceptors (Lipinski definition) is 2. The van der Waals surface area contributed by atoms with Crippen LogP contribution in [0, 0.1) is 5.92 Å². The topological polar surface area (TPSA) is 40.5 Å². The van der Waals surface area contributed by atoms with Gasteiger partial charge in [0.05, 0.1) is 12.5 Å². The first-order valence-electron chi connectivity index (χ1n) is 5.68. The molecule has 0 saturated carbocycles. The SMILES string of the molecule is CCC(CO)C(=O)N(C)Cc1ccc(Br)cc1. The van der Waals surface area contributed by atoms with Gasteiger partial charge in [-0.25, -0.2) is 0 Å². The molecule has 0 aliphatic rings. The number of hydrogen-bond donors (Lipinski definition) is 1. The van der Waals surface area contributed by atoms with E-state index in [1.54, 1.807) is 11.9 Å². The van der Waals surface area contributed by atoms with Crippen molar-refractivity contribution in [3.8, 4) is 0 Å². The van der Waals surface area contributed by atoms with E-state index in [0.29, 0.717) is 13.0 Å². The van der Waals surface area contributed by atoms with Crippen molar-refractivity contribution in [2.24, 2.45) is 5.92 Å². The Morgan fingerprint density at radius 3 is 2.47 bits per heavy atom. The van der Waals surface area contributed by atoms with Crippen molar-refractivity contribution in [1.29, 1.82) is 0 Å². The highest BCUT2D eigenvalue weighted by atomic mass is 79.9. The molecule has 0 heterocycles. The number of halogens is 1. The first-order valence-corrected chi connectivity index (χ1v) is 6.48. The Morgan fingerprint density at radius 1 is 1.41 bits per heavy atom. The smallest absolute Gasteiger partial charge is 0.228 e. The highest BCUT2D eigenvalue weighted by Gasteiger charge is 2.19. The highest BCUT2D eigenvalue weighted by Crippen LogP contribution is 2.13. The van der Waals surface area contributed by atoms with Crippen LogP contribution in [0.5, 0.6) is 0 Å². The van der Waals surface area contributed by atoms with Crippen LogP contribution in [-0.4, -0.2) is 29.6 Å². The second kappa shape index (κ2) is 6.77. The van der Waals surface area contributed by atoms with E-state index in [0.717, 1.165) is 10.0 Å². The summed E-state index contributed by atoms with van der Waals surface area (Å²) in [6.07, 6.45) is 0.667. The summed E-state index contributed by atoms with van der Waals surface area (Å²) in [5.74, 6) is -0.284. The lowest BCUT2D eigenvalue weighted by Crippen LogP contribution is -2.33. The summed E-state index contributed by atoms with van der Waals surface area (Å²) in [6, 6.07) is 7.87. The van der Waals surface area contributed by atoms with Crippen LogP contribution in [0.4, 0.5) is 0 Å². The lowest BCUT2D eigenvalue weighted by molar-refractivity contribution is -0.136. The van der Waals surface area contributed by atoms with Gasteiger partial charge in [0, 0.05) is 18.1 Å². The number of benzene rings is 1. The summed E-state index contributed by atoms with van der Waals surface area (Å²) >= 11 is 3.37. The van der Waals surface area contributed by atoms with Crippen LogP contribution in [-0.2, 0) is 11.3 Å². The van der Waals surface area contributed by atoms with Gasteiger partial charge < -0.3 is 10.0 Å². The number of amides is 1. The molecule has 1 aromatic carbocycles. The van der Waals surface area contributed by atoms with Crippen LogP contribution in [0.25, 0.3) is 0 Å². The quantitative estimate of drug-likeness (QED) is 0.907. The standard InChI is InChI=1S/C13H18BrNO2/c1-3-11(9-16)13(17)15(2)8-10-4-6-12(14)7-5-10/h4-7,11,16H,3,8-9H2,1-2H3. The number of rotatable bonds is 5. The molecule has 0 saturated heterocycles. The third-order valence-corrected chi connectivity index (χ3v) is 3.30. The molecule has 1 rings (SSSR count). The van der Waals surface area contributed by atoms with E-state index >= 15 is 0 Å². The molecular formula is C13H18BrNO2. The minimum absolute atomic E-state index is 0.00193. The lowest BCUT2D eigenvalue weighted by atomic mass is 10.1. The first-order chi connectivity index (χ1) is 8.08. The first kappa shape index (κ1) is 14.2. The van der Waals surface area contributed by atoms with Crippen molar-refractivity contribution in [1.82, 2.24) is 4.90 Å². The molecule has 1 aromatic rings. The van der Waals surface area contributed by atoms with E-state index in [-0.39, 0.29) is 18.4 Å². The molecule has 1 amide bonds. The molecule has 1 N–H and O–H groups in total. The van der Waals surface area contributed by atoms with E-state index in [4.69, 9.17) is 5.11 Å². The van der Waals surface area contributed by atoms with Gasteiger partial charge in [0.15, 0.2) is 0 Å². The monoisotopic (exact) mass is 299 g/mol. The molecule has 94 valence electrons. The number of nitrogens with zero attached hydrogens (tertiary/aromatic N) is 1. The fourth-order valence-electron chi connectivity index (χ4n) is 1.64. The van der Waals surface area contributed by atoms with Crippen molar-refractivity contribution in [2.45, 2.75) is 19.9 Å². The van der Waals surface area contributed by atoms with Crippen molar-refractivity contribution >= 4 is 21.8 Å². The summed E-state index contributed by atoms with van der Waals surface area (Å²) in [5.41, 5.74) is 1.08. The van der Waals surface area contributed by atoms with Gasteiger partial charge in [-0.15, -0.1) is 0 Å². The molecular weight excluding hydrogens is 282 g/mol. The van der Waals surface area contributed by atoms with E-state index < -0.39 is 0 Å². The van der Waals surface area contributed by atoms with E-state index in [1.807, 2.05) is 31.2 Å². The largest absolute Gasteiger partial charge is 0.396 e. The van der Waals surface area contributed by atoms with Crippen LogP contribution in [0.2, 0.25) is 0 Å². The van der Waals surface area contributed by atoms with Crippen molar-refractivity contribution in [2.75, 3.05) is 13.7 Å². The maximum absolute atomic E-state index is 11.9. The minimum Gasteiger partial charge on any atom is -0.396 e. The normalized spacial score (nSPS) is 12.2. The molecule has 4 heteroatoms. The maximum Gasteiger partial charge on any atom is 0.228 e. The summed E-state index contributed by atoms with van der Waals surface area (Å²) in [4.78, 5) is 13.6. The predicted octanol–water partition coefficient (Wildman–Crippen LogP) is 2.43. The van der Waals surface area contributed by atoms with Crippen molar-refractivity contribution < 1.29 is 9.90 Å². The van der Waals surface area contributed by atoms with E-state index in [2.05, 4.69) is 15.9 Å². The Morgan fingerprint density at radius 2 is 2.00 bits per heavy atom. The van der Waals surface area contributed by atoms with Gasteiger partial charge in [-0.05, 0) is 24.1 Å². The third-order valence-electron chi connectivity index (χ3n) is 2.77. The molecule has 0 aromatic heterocycles. The number of aliphatic hydroxyl groups excluding tert-OH is 1. The Hall–Kier alpha value is -0.870. The molecule has 1 atom stereocenters. The Labute approximate surface area is 111 Å². The van der Waals surface area contributed by atoms with Gasteiger partial charge in [0.1, 0.15) is 0 Å². The molecule has 0 aliphatic carbocycles. The van der Waals surface area contributed by atoms with Gasteiger partial charge in [-0.2, -0.15) is 0 Å². The molecule has 0 fully saturated rings. The van der Waals surface area contributed by atoms with Crippen molar-refractivity contribution in [3.05, 3.63) is 34.3 Å². The van der Waals surface area contributed by atoms with Crippen LogP contribution in [0.1, 0.15) is 18.9 Å². The van der Waals surface area contributed by atoms with E-state index in [9.17, 15) is 4.79 Å². The van der Waals surface area contributed by atoms with Crippen LogP contribution in [0.3, 0.4) is 0 Å². The second-order valence-corrected chi connectivity index (χ2v) is 5.02. The zero-order valence-corrected chi connectivity index (χ0v) is 11.8. The Balaban J connectivity index is 2.62. The number of carbonyl (C=O) groups excluding carboxylic acids is 1. The zero-order chi connectivity index (χ0) is 12.8. The zero-order valence-electron chi connectivity index (χ0n) is 10.2. The number of aliphatic hydroxyl groups is 1. The molecule has 3 nitrogen and oxygen atoms in total. The Kier molecular flexibility index (Phi) is 5.65. The Bertz CT molecular complexity index is 360. The average molecular weight is 300 g/mol. The lowest BCUT2D eigenvalue weighted by Gasteiger charge is -2.21. The van der Waals surface area contributed by atoms with Crippen LogP contribution in [0.15, 0.2) is 28.7 Å². The van der Waals surface area contributed by atoms with Gasteiger partial charge in [-0.1, -0.05) is 35.0 Å². The average Bonchev–Trinajstić information content (AvgIpc) is 2.33. The van der Waals surface area contributed by atoms with E-state index in [1.165, 1.54) is 0 Å². The summed E-state index contributed by atoms with van der Waals surface area (Å²) in [6.45, 7) is 2.40. The molecule has 0 aliphatic heterocycles. The fraction of sp³-hybridized carbons (Fsp3) is 0.462. The fourth-order valence-corrected chi connectivity index (χ4v) is 1.90. The van der Waals surface area contributed by atoms with Gasteiger partial charge in [-0.3, -0.25) is 4.79 Å². The molecule has 0 spiro atoms.